The van der Waals surface area contributed by atoms with Gasteiger partial charge >= 0.3 is 0 Å². The van der Waals surface area contributed by atoms with Gasteiger partial charge in [-0.2, -0.15) is 0 Å². The molecule has 3 aromatic rings. The number of hydrogen-bond acceptors (Lipinski definition) is 10. The van der Waals surface area contributed by atoms with Gasteiger partial charge in [0.1, 0.15) is 9.79 Å². The smallest absolute Gasteiger partial charge is 0.241 e. The molecule has 182 valence electrons. The first-order chi connectivity index (χ1) is 16.0. The third kappa shape index (κ3) is 4.41. The van der Waals surface area contributed by atoms with E-state index in [2.05, 4.69) is 25.1 Å². The number of primary sulfonamides is 1. The molecule has 0 aliphatic carbocycles. The van der Waals surface area contributed by atoms with Crippen LogP contribution in [-0.4, -0.2) is 51.8 Å². The van der Waals surface area contributed by atoms with E-state index in [1.54, 1.807) is 18.2 Å². The minimum absolute atomic E-state index is 0.0535. The molecule has 12 N–H and O–H groups in total. The molecule has 0 saturated carbocycles. The Morgan fingerprint density at radius 1 is 1.18 bits per heavy atom. The Morgan fingerprint density at radius 2 is 1.91 bits per heavy atom. The molecular formula is C18H24N10O4S2. The average molecular weight is 509 g/mol. The molecule has 0 radical (unpaired) electrons. The fourth-order valence-corrected chi connectivity index (χ4v) is 6.44. The number of hydrazine groups is 1. The molecule has 34 heavy (non-hydrogen) atoms. The van der Waals surface area contributed by atoms with Crippen LogP contribution in [0.1, 0.15) is 12.0 Å². The zero-order valence-electron chi connectivity index (χ0n) is 17.7. The van der Waals surface area contributed by atoms with Gasteiger partial charge in [-0.25, -0.2) is 43.1 Å². The maximum absolute atomic E-state index is 13.1. The van der Waals surface area contributed by atoms with Gasteiger partial charge in [-0.05, 0) is 30.7 Å². The second-order valence-corrected chi connectivity index (χ2v) is 10.8. The number of hydrazone groups is 1. The number of benzene rings is 2. The zero-order valence-corrected chi connectivity index (χ0v) is 19.4. The number of para-hydroxylation sites is 1. The highest BCUT2D eigenvalue weighted by Crippen LogP contribution is 2.36. The first-order valence-electron chi connectivity index (χ1n) is 9.99. The van der Waals surface area contributed by atoms with Gasteiger partial charge < -0.3 is 21.8 Å². The predicted octanol–water partition coefficient (Wildman–Crippen LogP) is -1.82. The van der Waals surface area contributed by atoms with Gasteiger partial charge in [-0.15, -0.1) is 5.10 Å². The van der Waals surface area contributed by atoms with Gasteiger partial charge in [0.2, 0.25) is 20.0 Å². The lowest BCUT2D eigenvalue weighted by Crippen LogP contribution is -2.50. The van der Waals surface area contributed by atoms with E-state index in [-0.39, 0.29) is 29.7 Å². The molecule has 14 nitrogen and oxygen atoms in total. The molecule has 2 aromatic carbocycles. The Kier molecular flexibility index (Phi) is 6.19. The Bertz CT molecular complexity index is 1490. The van der Waals surface area contributed by atoms with Crippen LogP contribution in [0, 0.1) is 0 Å². The normalized spacial score (nSPS) is 17.0. The molecule has 1 aromatic heterocycles. The Labute approximate surface area is 195 Å². The summed E-state index contributed by atoms with van der Waals surface area (Å²) in [7, 11) is -8.94. The topological polar surface area (TPSA) is 249 Å². The molecule has 16 heteroatoms. The highest BCUT2D eigenvalue weighted by Gasteiger charge is 2.32. The highest BCUT2D eigenvalue weighted by molar-refractivity contribution is 7.92. The Balaban J connectivity index is 2.01. The zero-order chi connectivity index (χ0) is 24.7. The quantitative estimate of drug-likeness (QED) is 0.0732. The number of H-pyrrole nitrogens is 1. The standard InChI is InChI=1S/C18H24N10O4S2/c19-17(27-28-21)14-10(11-2-1-3-12-15(11)26-18(20)25-12)4-5-13(16(14)33(22,29)30)34(31,32)24-8-9-6-7-23-9/h1-5,9,23-24,28H,6-8,21H2,(H2,19,27)(H3,20,25,26)(H2,22,29,30). The van der Waals surface area contributed by atoms with Crippen molar-refractivity contribution in [3.8, 4) is 11.1 Å². The summed E-state index contributed by atoms with van der Waals surface area (Å²) in [5, 5.41) is 12.3. The number of aromatic amines is 1. The second-order valence-electron chi connectivity index (χ2n) is 7.60. The second kappa shape index (κ2) is 8.82. The highest BCUT2D eigenvalue weighted by atomic mass is 32.2. The van der Waals surface area contributed by atoms with Gasteiger partial charge in [0, 0.05) is 23.7 Å². The third-order valence-electron chi connectivity index (χ3n) is 5.40. The van der Waals surface area contributed by atoms with Crippen molar-refractivity contribution < 1.29 is 16.8 Å². The Hall–Kier alpha value is -3.28. The van der Waals surface area contributed by atoms with Crippen LogP contribution in [0.15, 0.2) is 45.2 Å². The SMILES string of the molecule is NN/N=C(\N)c1c(-c2cccc3[nH]c(N)nc23)ccc(S(=O)(=O)NCC2CCN2)c1S(N)(=O)=O. The van der Waals surface area contributed by atoms with Crippen molar-refractivity contribution in [2.45, 2.75) is 22.3 Å². The van der Waals surface area contributed by atoms with E-state index < -0.39 is 35.7 Å². The summed E-state index contributed by atoms with van der Waals surface area (Å²) in [5.74, 6) is 5.00. The number of amidine groups is 1. The largest absolute Gasteiger partial charge is 0.382 e. The van der Waals surface area contributed by atoms with Crippen molar-refractivity contribution in [1.82, 2.24) is 25.5 Å². The van der Waals surface area contributed by atoms with E-state index in [4.69, 9.17) is 22.4 Å². The van der Waals surface area contributed by atoms with Crippen LogP contribution in [0.25, 0.3) is 22.2 Å². The van der Waals surface area contributed by atoms with Gasteiger partial charge in [-0.1, -0.05) is 18.2 Å². The van der Waals surface area contributed by atoms with Crippen molar-refractivity contribution in [3.05, 3.63) is 35.9 Å². The predicted molar refractivity (Wildman–Crippen MR) is 127 cm³/mol. The molecule has 4 rings (SSSR count). The van der Waals surface area contributed by atoms with Crippen LogP contribution in [0.4, 0.5) is 5.95 Å². The summed E-state index contributed by atoms with van der Waals surface area (Å²) in [5.41, 5.74) is 15.2. The summed E-state index contributed by atoms with van der Waals surface area (Å²) < 4.78 is 54.2. The molecule has 0 bridgehead atoms. The van der Waals surface area contributed by atoms with Gasteiger partial charge in [-0.3, -0.25) is 0 Å². The lowest BCUT2D eigenvalue weighted by atomic mass is 9.97. The lowest BCUT2D eigenvalue weighted by molar-refractivity contribution is 0.369. The first kappa shape index (κ1) is 23.9. The number of fused-ring (bicyclic) bond motifs is 1. The number of nitrogens with two attached hydrogens (primary N) is 4. The fourth-order valence-electron chi connectivity index (χ4n) is 3.74. The molecule has 0 spiro atoms. The number of sulfonamides is 2. The number of hydrogen-bond donors (Lipinski definition) is 8. The van der Waals surface area contributed by atoms with E-state index in [1.165, 1.54) is 6.07 Å². The van der Waals surface area contributed by atoms with Crippen LogP contribution in [0.2, 0.25) is 0 Å². The van der Waals surface area contributed by atoms with E-state index in [9.17, 15) is 16.8 Å². The van der Waals surface area contributed by atoms with Crippen LogP contribution in [-0.2, 0) is 20.0 Å². The average Bonchev–Trinajstić information content (AvgIpc) is 3.11. The molecule has 1 atom stereocenters. The number of nitrogens with zero attached hydrogens (tertiary/aromatic N) is 2. The first-order valence-corrected chi connectivity index (χ1v) is 13.0. The molecule has 1 fully saturated rings. The van der Waals surface area contributed by atoms with E-state index in [0.717, 1.165) is 19.0 Å². The maximum Gasteiger partial charge on any atom is 0.241 e. The minimum atomic E-state index is -4.64. The number of nitrogens with one attached hydrogen (secondary N) is 4. The molecule has 1 saturated heterocycles. The van der Waals surface area contributed by atoms with Gasteiger partial charge in [0.25, 0.3) is 0 Å². The lowest BCUT2D eigenvalue weighted by Gasteiger charge is -2.27. The summed E-state index contributed by atoms with van der Waals surface area (Å²) in [6, 6.07) is 7.54. The van der Waals surface area contributed by atoms with Crippen LogP contribution in [0.5, 0.6) is 0 Å². The van der Waals surface area contributed by atoms with Crippen molar-refractivity contribution >= 4 is 42.9 Å². The van der Waals surface area contributed by atoms with Crippen LogP contribution in [0.3, 0.4) is 0 Å². The fraction of sp³-hybridized carbons (Fsp3) is 0.222. The van der Waals surface area contributed by atoms with Crippen LogP contribution < -0.4 is 38.0 Å². The van der Waals surface area contributed by atoms with Crippen molar-refractivity contribution in [2.24, 2.45) is 21.8 Å². The molecule has 1 unspecified atom stereocenters. The van der Waals surface area contributed by atoms with E-state index in [0.29, 0.717) is 16.6 Å². The molecule has 2 heterocycles. The van der Waals surface area contributed by atoms with Crippen molar-refractivity contribution in [1.29, 1.82) is 0 Å². The molecule has 0 amide bonds. The Morgan fingerprint density at radius 3 is 2.53 bits per heavy atom. The number of rotatable bonds is 8. The van der Waals surface area contributed by atoms with Crippen molar-refractivity contribution in [3.63, 3.8) is 0 Å². The van der Waals surface area contributed by atoms with Crippen LogP contribution >= 0.6 is 0 Å². The number of aromatic nitrogens is 2. The molecule has 1 aliphatic heterocycles. The van der Waals surface area contributed by atoms with E-state index in [1.807, 2.05) is 5.53 Å². The number of anilines is 1. The van der Waals surface area contributed by atoms with Gasteiger partial charge in [0.05, 0.1) is 11.0 Å². The number of imidazole rings is 1. The van der Waals surface area contributed by atoms with Gasteiger partial charge in [0.15, 0.2) is 11.8 Å². The van der Waals surface area contributed by atoms with E-state index >= 15 is 0 Å². The minimum Gasteiger partial charge on any atom is -0.382 e. The summed E-state index contributed by atoms with van der Waals surface area (Å²) in [6.45, 7) is 0.846. The maximum atomic E-state index is 13.1. The van der Waals surface area contributed by atoms with Crippen molar-refractivity contribution in [2.75, 3.05) is 18.8 Å². The third-order valence-corrected chi connectivity index (χ3v) is 7.99. The monoisotopic (exact) mass is 508 g/mol. The molecule has 1 aliphatic rings. The summed E-state index contributed by atoms with van der Waals surface area (Å²) >= 11 is 0. The molecular weight excluding hydrogens is 484 g/mol. The summed E-state index contributed by atoms with van der Waals surface area (Å²) in [6.07, 6.45) is 0.785. The summed E-state index contributed by atoms with van der Waals surface area (Å²) in [4.78, 5) is 5.83. The number of nitrogen functional groups attached to an aromatic ring is 1.